The predicted molar refractivity (Wildman–Crippen MR) is 73.6 cm³/mol. The number of rotatable bonds is 2. The minimum atomic E-state index is -0.209. The van der Waals surface area contributed by atoms with Crippen LogP contribution < -0.4 is 5.56 Å². The van der Waals surface area contributed by atoms with Gasteiger partial charge in [-0.3, -0.25) is 9.69 Å². The lowest BCUT2D eigenvalue weighted by Gasteiger charge is -2.31. The highest BCUT2D eigenvalue weighted by Gasteiger charge is 2.39. The summed E-state index contributed by atoms with van der Waals surface area (Å²) in [7, 11) is 0. The number of fused-ring (bicyclic) bond motifs is 1. The second kappa shape index (κ2) is 4.31. The number of aromatic amines is 1. The molecule has 0 bridgehead atoms. The van der Waals surface area contributed by atoms with Crippen LogP contribution in [0.4, 0.5) is 0 Å². The molecule has 98 valence electrons. The summed E-state index contributed by atoms with van der Waals surface area (Å²) in [6.45, 7) is 5.71. The van der Waals surface area contributed by atoms with Gasteiger partial charge in [-0.25, -0.2) is 4.98 Å². The van der Waals surface area contributed by atoms with Crippen molar-refractivity contribution in [2.75, 3.05) is 0 Å². The Bertz CT molecular complexity index is 646. The molecule has 0 spiro atoms. The monoisotopic (exact) mass is 255 g/mol. The van der Waals surface area contributed by atoms with Crippen LogP contribution in [0.1, 0.15) is 30.7 Å². The third-order valence-corrected chi connectivity index (χ3v) is 3.88. The Balaban J connectivity index is 1.95. The molecular formula is C15H17N3O. The number of nitrogens with zero attached hydrogens (tertiary/aromatic N) is 2. The fourth-order valence-corrected chi connectivity index (χ4v) is 2.70. The zero-order valence-electron chi connectivity index (χ0n) is 11.2. The van der Waals surface area contributed by atoms with E-state index in [1.165, 1.54) is 11.9 Å². The van der Waals surface area contributed by atoms with Crippen molar-refractivity contribution in [2.24, 2.45) is 0 Å². The second-order valence-corrected chi connectivity index (χ2v) is 5.46. The van der Waals surface area contributed by atoms with Crippen LogP contribution in [0.2, 0.25) is 0 Å². The second-order valence-electron chi connectivity index (χ2n) is 5.46. The first kappa shape index (κ1) is 12.1. The van der Waals surface area contributed by atoms with Crippen LogP contribution >= 0.6 is 0 Å². The van der Waals surface area contributed by atoms with Gasteiger partial charge in [0.25, 0.3) is 5.56 Å². The maximum Gasteiger partial charge on any atom is 0.255 e. The van der Waals surface area contributed by atoms with E-state index in [4.69, 9.17) is 0 Å². The Hall–Kier alpha value is -1.94. The van der Waals surface area contributed by atoms with Crippen LogP contribution in [0, 0.1) is 0 Å². The molecule has 1 N–H and O–H groups in total. The molecule has 0 unspecified atom stereocenters. The highest BCUT2D eigenvalue weighted by atomic mass is 16.1. The van der Waals surface area contributed by atoms with Gasteiger partial charge in [-0.2, -0.15) is 0 Å². The van der Waals surface area contributed by atoms with E-state index in [2.05, 4.69) is 40.8 Å². The summed E-state index contributed by atoms with van der Waals surface area (Å²) in [5.41, 5.74) is 2.71. The lowest BCUT2D eigenvalue weighted by atomic mass is 10.00. The van der Waals surface area contributed by atoms with Crippen LogP contribution in [0.5, 0.6) is 0 Å². The van der Waals surface area contributed by atoms with Gasteiger partial charge in [0.15, 0.2) is 0 Å². The van der Waals surface area contributed by atoms with Gasteiger partial charge in [0.1, 0.15) is 0 Å². The molecule has 0 amide bonds. The molecule has 3 rings (SSSR count). The van der Waals surface area contributed by atoms with Crippen molar-refractivity contribution >= 4 is 0 Å². The molecule has 19 heavy (non-hydrogen) atoms. The Morgan fingerprint density at radius 2 is 2.05 bits per heavy atom. The van der Waals surface area contributed by atoms with E-state index < -0.39 is 0 Å². The summed E-state index contributed by atoms with van der Waals surface area (Å²) in [6, 6.07) is 10.3. The third kappa shape index (κ3) is 1.98. The lowest BCUT2D eigenvalue weighted by molar-refractivity contribution is 0.125. The smallest absolute Gasteiger partial charge is 0.255 e. The molecule has 0 radical (unpaired) electrons. The topological polar surface area (TPSA) is 49.0 Å². The first-order chi connectivity index (χ1) is 9.09. The summed E-state index contributed by atoms with van der Waals surface area (Å²) in [6.07, 6.45) is 1.49. The van der Waals surface area contributed by atoms with Crippen molar-refractivity contribution < 1.29 is 0 Å². The molecule has 0 saturated heterocycles. The summed E-state index contributed by atoms with van der Waals surface area (Å²) in [4.78, 5) is 21.2. The summed E-state index contributed by atoms with van der Waals surface area (Å²) in [5.74, 6) is 0. The first-order valence-electron chi connectivity index (χ1n) is 6.45. The van der Waals surface area contributed by atoms with E-state index in [9.17, 15) is 4.79 Å². The molecule has 2 aromatic rings. The van der Waals surface area contributed by atoms with E-state index in [0.717, 1.165) is 17.8 Å². The van der Waals surface area contributed by atoms with Crippen LogP contribution in [-0.2, 0) is 18.6 Å². The molecule has 4 heteroatoms. The summed E-state index contributed by atoms with van der Waals surface area (Å²) >= 11 is 0. The lowest BCUT2D eigenvalue weighted by Crippen LogP contribution is -2.35. The average molecular weight is 255 g/mol. The number of H-pyrrole nitrogens is 1. The quantitative estimate of drug-likeness (QED) is 0.893. The van der Waals surface area contributed by atoms with Crippen molar-refractivity contribution in [3.05, 3.63) is 63.8 Å². The summed E-state index contributed by atoms with van der Waals surface area (Å²) < 4.78 is 0. The van der Waals surface area contributed by atoms with E-state index >= 15 is 0 Å². The fourth-order valence-electron chi connectivity index (χ4n) is 2.70. The molecule has 0 fully saturated rings. The zero-order valence-corrected chi connectivity index (χ0v) is 11.2. The highest BCUT2D eigenvalue weighted by Crippen LogP contribution is 2.36. The standard InChI is InChI=1S/C15H17N3O/c1-15(2)13-12(14(19)17-10-16-13)9-18(15)8-11-6-4-3-5-7-11/h3-7,10H,8-9H2,1-2H3,(H,16,17,19). The van der Waals surface area contributed by atoms with Crippen LogP contribution in [0.25, 0.3) is 0 Å². The van der Waals surface area contributed by atoms with Crippen molar-refractivity contribution in [3.8, 4) is 0 Å². The van der Waals surface area contributed by atoms with E-state index in [-0.39, 0.29) is 11.1 Å². The molecule has 0 aliphatic carbocycles. The molecular weight excluding hydrogens is 238 g/mol. The van der Waals surface area contributed by atoms with Crippen molar-refractivity contribution in [1.29, 1.82) is 0 Å². The van der Waals surface area contributed by atoms with Crippen LogP contribution in [-0.4, -0.2) is 14.9 Å². The van der Waals surface area contributed by atoms with Gasteiger partial charge >= 0.3 is 0 Å². The van der Waals surface area contributed by atoms with E-state index in [1.807, 2.05) is 18.2 Å². The number of aromatic nitrogens is 2. The molecule has 0 saturated carbocycles. The normalized spacial score (nSPS) is 17.4. The van der Waals surface area contributed by atoms with Gasteiger partial charge in [-0.1, -0.05) is 30.3 Å². The van der Waals surface area contributed by atoms with E-state index in [0.29, 0.717) is 6.54 Å². The number of nitrogens with one attached hydrogen (secondary N) is 1. The largest absolute Gasteiger partial charge is 0.313 e. The molecule has 1 aromatic heterocycles. The SMILES string of the molecule is CC1(C)c2nc[nH]c(=O)c2CN1Cc1ccccc1. The van der Waals surface area contributed by atoms with Gasteiger partial charge < -0.3 is 4.98 Å². The molecule has 1 aliphatic rings. The van der Waals surface area contributed by atoms with Crippen molar-refractivity contribution in [2.45, 2.75) is 32.5 Å². The number of benzene rings is 1. The predicted octanol–water partition coefficient (Wildman–Crippen LogP) is 2.02. The summed E-state index contributed by atoms with van der Waals surface area (Å²) in [5, 5.41) is 0. The molecule has 0 atom stereocenters. The Kier molecular flexibility index (Phi) is 2.75. The number of hydrogen-bond acceptors (Lipinski definition) is 3. The van der Waals surface area contributed by atoms with Gasteiger partial charge in [-0.05, 0) is 19.4 Å². The van der Waals surface area contributed by atoms with Crippen molar-refractivity contribution in [1.82, 2.24) is 14.9 Å². The molecule has 1 aliphatic heterocycles. The highest BCUT2D eigenvalue weighted by molar-refractivity contribution is 5.29. The van der Waals surface area contributed by atoms with Crippen LogP contribution in [0.15, 0.2) is 41.5 Å². The fraction of sp³-hybridized carbons (Fsp3) is 0.333. The average Bonchev–Trinajstić information content (AvgIpc) is 2.65. The number of hydrogen-bond donors (Lipinski definition) is 1. The maximum atomic E-state index is 11.9. The van der Waals surface area contributed by atoms with Gasteiger partial charge in [-0.15, -0.1) is 0 Å². The van der Waals surface area contributed by atoms with Crippen molar-refractivity contribution in [3.63, 3.8) is 0 Å². The minimum absolute atomic E-state index is 0.0198. The van der Waals surface area contributed by atoms with Gasteiger partial charge in [0.2, 0.25) is 0 Å². The minimum Gasteiger partial charge on any atom is -0.313 e. The molecule has 4 nitrogen and oxygen atoms in total. The third-order valence-electron chi connectivity index (χ3n) is 3.88. The molecule has 2 heterocycles. The first-order valence-corrected chi connectivity index (χ1v) is 6.45. The van der Waals surface area contributed by atoms with Gasteiger partial charge in [0.05, 0.1) is 23.1 Å². The van der Waals surface area contributed by atoms with Crippen LogP contribution in [0.3, 0.4) is 0 Å². The van der Waals surface area contributed by atoms with Gasteiger partial charge in [0, 0.05) is 13.1 Å². The maximum absolute atomic E-state index is 11.9. The zero-order chi connectivity index (χ0) is 13.5. The Labute approximate surface area is 112 Å². The van der Waals surface area contributed by atoms with E-state index in [1.54, 1.807) is 0 Å². The Morgan fingerprint density at radius 3 is 2.74 bits per heavy atom. The Morgan fingerprint density at radius 1 is 1.32 bits per heavy atom. The molecule has 1 aromatic carbocycles.